The quantitative estimate of drug-likeness (QED) is 0.668. The number of fused-ring (bicyclic) bond motifs is 1. The van der Waals surface area contributed by atoms with Gasteiger partial charge in [0.25, 0.3) is 0 Å². The van der Waals surface area contributed by atoms with Crippen molar-refractivity contribution in [2.24, 2.45) is 0 Å². The highest BCUT2D eigenvalue weighted by atomic mass is 79.9. The highest BCUT2D eigenvalue weighted by molar-refractivity contribution is 9.10. The number of phenolic OH excluding ortho intramolecular Hbond substituents is 1. The van der Waals surface area contributed by atoms with Crippen molar-refractivity contribution in [1.82, 2.24) is 0 Å². The average Bonchev–Trinajstić information content (AvgIpc) is 2.44. The zero-order valence-corrected chi connectivity index (χ0v) is 13.3. The molecule has 0 aliphatic carbocycles. The van der Waals surface area contributed by atoms with Gasteiger partial charge in [0.15, 0.2) is 11.0 Å². The summed E-state index contributed by atoms with van der Waals surface area (Å²) in [5, 5.41) is 10.9. The van der Waals surface area contributed by atoms with Crippen molar-refractivity contribution in [3.8, 4) is 17.1 Å². The Hall–Kier alpha value is -1.78. The zero-order chi connectivity index (χ0) is 15.1. The highest BCUT2D eigenvalue weighted by Crippen LogP contribution is 2.35. The van der Waals surface area contributed by atoms with Gasteiger partial charge in [-0.15, -0.1) is 0 Å². The number of phenols is 1. The molecule has 0 fully saturated rings. The molecule has 0 saturated carbocycles. The Kier molecular flexibility index (Phi) is 3.51. The summed E-state index contributed by atoms with van der Waals surface area (Å²) >= 11 is 9.43. The highest BCUT2D eigenvalue weighted by Gasteiger charge is 2.13. The van der Waals surface area contributed by atoms with E-state index in [0.717, 1.165) is 10.0 Å². The first-order chi connectivity index (χ1) is 9.97. The minimum absolute atomic E-state index is 0.0297. The van der Waals surface area contributed by atoms with Crippen molar-refractivity contribution >= 4 is 38.5 Å². The van der Waals surface area contributed by atoms with Gasteiger partial charge in [0.05, 0.1) is 16.0 Å². The molecule has 0 atom stereocenters. The van der Waals surface area contributed by atoms with Gasteiger partial charge in [-0.1, -0.05) is 33.6 Å². The Morgan fingerprint density at radius 3 is 2.76 bits per heavy atom. The van der Waals surface area contributed by atoms with Crippen LogP contribution in [0.1, 0.15) is 5.56 Å². The molecule has 3 aromatic rings. The van der Waals surface area contributed by atoms with E-state index in [1.165, 1.54) is 6.07 Å². The molecule has 1 heterocycles. The fourth-order valence-electron chi connectivity index (χ4n) is 2.14. The summed E-state index contributed by atoms with van der Waals surface area (Å²) in [5.74, 6) is 0.315. The minimum Gasteiger partial charge on any atom is -0.507 e. The van der Waals surface area contributed by atoms with E-state index in [1.54, 1.807) is 30.3 Å². The van der Waals surface area contributed by atoms with Gasteiger partial charge in [0.2, 0.25) is 0 Å². The first-order valence-corrected chi connectivity index (χ1v) is 7.36. The van der Waals surface area contributed by atoms with Gasteiger partial charge in [-0.2, -0.15) is 0 Å². The number of hydrogen-bond acceptors (Lipinski definition) is 3. The van der Waals surface area contributed by atoms with E-state index in [0.29, 0.717) is 21.6 Å². The lowest BCUT2D eigenvalue weighted by Gasteiger charge is -2.08. The maximum Gasteiger partial charge on any atom is 0.193 e. The molecule has 2 aromatic carbocycles. The van der Waals surface area contributed by atoms with E-state index in [9.17, 15) is 9.90 Å². The van der Waals surface area contributed by atoms with Crippen LogP contribution in [0.15, 0.2) is 50.1 Å². The summed E-state index contributed by atoms with van der Waals surface area (Å²) in [7, 11) is 0. The Balaban J connectivity index is 2.34. The third kappa shape index (κ3) is 2.45. The second-order valence-electron chi connectivity index (χ2n) is 4.71. The number of para-hydroxylation sites is 1. The largest absolute Gasteiger partial charge is 0.507 e. The van der Waals surface area contributed by atoms with E-state index in [1.807, 2.05) is 6.92 Å². The zero-order valence-electron chi connectivity index (χ0n) is 11.0. The third-order valence-electron chi connectivity index (χ3n) is 3.25. The summed E-state index contributed by atoms with van der Waals surface area (Å²) in [6.45, 7) is 1.89. The Labute approximate surface area is 133 Å². The van der Waals surface area contributed by atoms with Crippen molar-refractivity contribution in [1.29, 1.82) is 0 Å². The minimum atomic E-state index is -0.200. The second kappa shape index (κ2) is 5.20. The average molecular weight is 366 g/mol. The second-order valence-corrected chi connectivity index (χ2v) is 5.97. The summed E-state index contributed by atoms with van der Waals surface area (Å²) < 4.78 is 6.51. The molecule has 3 rings (SSSR count). The van der Waals surface area contributed by atoms with Crippen LogP contribution in [0.5, 0.6) is 5.75 Å². The van der Waals surface area contributed by atoms with E-state index >= 15 is 0 Å². The summed E-state index contributed by atoms with van der Waals surface area (Å²) in [4.78, 5) is 12.2. The molecule has 0 amide bonds. The number of aromatic hydroxyl groups is 1. The monoisotopic (exact) mass is 364 g/mol. The topological polar surface area (TPSA) is 50.4 Å². The molecule has 106 valence electrons. The van der Waals surface area contributed by atoms with Crippen LogP contribution in [0.4, 0.5) is 0 Å². The van der Waals surface area contributed by atoms with Gasteiger partial charge in [-0.05, 0) is 36.8 Å². The molecule has 0 spiro atoms. The van der Waals surface area contributed by atoms with Gasteiger partial charge < -0.3 is 9.52 Å². The van der Waals surface area contributed by atoms with Gasteiger partial charge >= 0.3 is 0 Å². The Morgan fingerprint density at radius 2 is 2.00 bits per heavy atom. The van der Waals surface area contributed by atoms with Crippen LogP contribution < -0.4 is 5.43 Å². The van der Waals surface area contributed by atoms with Crippen molar-refractivity contribution in [3.05, 3.63) is 61.7 Å². The van der Waals surface area contributed by atoms with Crippen LogP contribution in [0.3, 0.4) is 0 Å². The number of halogens is 2. The predicted octanol–water partition coefficient (Wildman–Crippen LogP) is 4.89. The summed E-state index contributed by atoms with van der Waals surface area (Å²) in [5.41, 5.74) is 1.50. The molecule has 0 aliphatic heterocycles. The third-order valence-corrected chi connectivity index (χ3v) is 4.40. The van der Waals surface area contributed by atoms with Gasteiger partial charge in [-0.3, -0.25) is 4.79 Å². The van der Waals surface area contributed by atoms with Crippen LogP contribution in [-0.4, -0.2) is 5.11 Å². The molecule has 0 saturated heterocycles. The first-order valence-electron chi connectivity index (χ1n) is 6.19. The number of aryl methyl sites for hydroxylation is 1. The lowest BCUT2D eigenvalue weighted by Crippen LogP contribution is -2.00. The number of hydrogen-bond donors (Lipinski definition) is 1. The van der Waals surface area contributed by atoms with Crippen molar-refractivity contribution < 1.29 is 9.52 Å². The molecular weight excluding hydrogens is 356 g/mol. The smallest absolute Gasteiger partial charge is 0.193 e. The Bertz CT molecular complexity index is 915. The molecule has 1 aromatic heterocycles. The number of benzene rings is 2. The van der Waals surface area contributed by atoms with Crippen LogP contribution in [0, 0.1) is 6.92 Å². The molecule has 1 N–H and O–H groups in total. The summed E-state index contributed by atoms with van der Waals surface area (Å²) in [6.07, 6.45) is 0. The lowest BCUT2D eigenvalue weighted by atomic mass is 10.1. The van der Waals surface area contributed by atoms with Crippen molar-refractivity contribution in [2.75, 3.05) is 0 Å². The SMILES string of the molecule is Cc1cc(-c2cc(=O)c3cccc(Cl)c3o2)c(O)cc1Br. The molecule has 0 bridgehead atoms. The lowest BCUT2D eigenvalue weighted by molar-refractivity contribution is 0.474. The fraction of sp³-hybridized carbons (Fsp3) is 0.0625. The van der Waals surface area contributed by atoms with E-state index in [-0.39, 0.29) is 16.9 Å². The standard InChI is InChI=1S/C16H10BrClO3/c1-8-5-10(13(19)6-11(8)17)15-7-14(20)9-3-2-4-12(18)16(9)21-15/h2-7,19H,1H3. The van der Waals surface area contributed by atoms with Crippen molar-refractivity contribution in [3.63, 3.8) is 0 Å². The molecule has 0 aliphatic rings. The van der Waals surface area contributed by atoms with E-state index in [2.05, 4.69) is 15.9 Å². The van der Waals surface area contributed by atoms with Gasteiger partial charge in [0, 0.05) is 10.5 Å². The van der Waals surface area contributed by atoms with Crippen LogP contribution >= 0.6 is 27.5 Å². The fourth-order valence-corrected chi connectivity index (χ4v) is 2.69. The van der Waals surface area contributed by atoms with Gasteiger partial charge in [0.1, 0.15) is 11.5 Å². The molecule has 0 radical (unpaired) electrons. The molecule has 5 heteroatoms. The maximum atomic E-state index is 12.2. The molecule has 3 nitrogen and oxygen atoms in total. The van der Waals surface area contributed by atoms with Crippen LogP contribution in [0.2, 0.25) is 5.02 Å². The molecular formula is C16H10BrClO3. The van der Waals surface area contributed by atoms with Crippen LogP contribution in [-0.2, 0) is 0 Å². The Morgan fingerprint density at radius 1 is 1.24 bits per heavy atom. The van der Waals surface area contributed by atoms with E-state index in [4.69, 9.17) is 16.0 Å². The van der Waals surface area contributed by atoms with E-state index < -0.39 is 0 Å². The number of rotatable bonds is 1. The summed E-state index contributed by atoms with van der Waals surface area (Å²) in [6, 6.07) is 9.69. The van der Waals surface area contributed by atoms with Crippen molar-refractivity contribution in [2.45, 2.75) is 6.92 Å². The predicted molar refractivity (Wildman–Crippen MR) is 87.0 cm³/mol. The molecule has 21 heavy (non-hydrogen) atoms. The normalized spacial score (nSPS) is 11.0. The molecule has 0 unspecified atom stereocenters. The van der Waals surface area contributed by atoms with Crippen LogP contribution in [0.25, 0.3) is 22.3 Å². The maximum absolute atomic E-state index is 12.2. The van der Waals surface area contributed by atoms with Gasteiger partial charge in [-0.25, -0.2) is 0 Å². The first kappa shape index (κ1) is 14.2.